The normalized spacial score (nSPS) is 13.0. The Labute approximate surface area is 149 Å². The molecule has 0 amide bonds. The number of hydrogen-bond acceptors (Lipinski definition) is 5. The van der Waals surface area contributed by atoms with Crippen molar-refractivity contribution in [3.05, 3.63) is 64.3 Å². The van der Waals surface area contributed by atoms with Gasteiger partial charge in [0.15, 0.2) is 5.82 Å². The Kier molecular flexibility index (Phi) is 3.96. The van der Waals surface area contributed by atoms with Crippen LogP contribution in [0.25, 0.3) is 0 Å². The number of nitrogens with one attached hydrogen (secondary N) is 1. The molecule has 5 nitrogen and oxygen atoms in total. The van der Waals surface area contributed by atoms with E-state index in [1.165, 1.54) is 5.56 Å². The molecule has 1 aliphatic rings. The van der Waals surface area contributed by atoms with Gasteiger partial charge in [0.1, 0.15) is 0 Å². The van der Waals surface area contributed by atoms with Crippen molar-refractivity contribution < 1.29 is 0 Å². The maximum Gasteiger partial charge on any atom is 0.251 e. The van der Waals surface area contributed by atoms with Gasteiger partial charge in [-0.1, -0.05) is 41.4 Å². The van der Waals surface area contributed by atoms with Gasteiger partial charge in [-0.15, -0.1) is 5.10 Å². The van der Waals surface area contributed by atoms with Crippen LogP contribution >= 0.6 is 23.2 Å². The molecule has 120 valence electrons. The van der Waals surface area contributed by atoms with Crippen LogP contribution in [0, 0.1) is 0 Å². The zero-order chi connectivity index (χ0) is 16.5. The van der Waals surface area contributed by atoms with Gasteiger partial charge in [-0.2, -0.15) is 10.1 Å². The van der Waals surface area contributed by atoms with Crippen LogP contribution in [-0.4, -0.2) is 21.7 Å². The molecule has 0 bridgehead atoms. The average molecular weight is 358 g/mol. The van der Waals surface area contributed by atoms with Gasteiger partial charge in [-0.3, -0.25) is 0 Å². The highest BCUT2D eigenvalue weighted by molar-refractivity contribution is 6.36. The van der Waals surface area contributed by atoms with Gasteiger partial charge in [0, 0.05) is 17.3 Å². The molecule has 4 rings (SSSR count). The largest absolute Gasteiger partial charge is 0.338 e. The first-order chi connectivity index (χ1) is 11.7. The predicted octanol–water partition coefficient (Wildman–Crippen LogP) is 4.62. The van der Waals surface area contributed by atoms with E-state index < -0.39 is 0 Å². The summed E-state index contributed by atoms with van der Waals surface area (Å²) >= 11 is 12.1. The number of rotatable bonds is 3. The van der Waals surface area contributed by atoms with E-state index in [1.807, 2.05) is 12.1 Å². The summed E-state index contributed by atoms with van der Waals surface area (Å²) in [5, 5.41) is 12.5. The van der Waals surface area contributed by atoms with Crippen molar-refractivity contribution in [3.63, 3.8) is 0 Å². The average Bonchev–Trinajstić information content (AvgIpc) is 3.02. The first-order valence-electron chi connectivity index (χ1n) is 7.48. The van der Waals surface area contributed by atoms with Gasteiger partial charge in [0.2, 0.25) is 0 Å². The van der Waals surface area contributed by atoms with Crippen LogP contribution in [-0.2, 0) is 6.42 Å². The molecule has 0 radical (unpaired) electrons. The second-order valence-corrected chi connectivity index (χ2v) is 6.26. The third-order valence-corrected chi connectivity index (χ3v) is 4.42. The monoisotopic (exact) mass is 357 g/mol. The summed E-state index contributed by atoms with van der Waals surface area (Å²) in [5.41, 5.74) is 3.13. The minimum atomic E-state index is 0.522. The highest BCUT2D eigenvalue weighted by atomic mass is 35.5. The lowest BCUT2D eigenvalue weighted by Gasteiger charge is -2.17. The van der Waals surface area contributed by atoms with Crippen molar-refractivity contribution in [2.75, 3.05) is 16.8 Å². The van der Waals surface area contributed by atoms with Crippen LogP contribution in [0.15, 0.2) is 48.7 Å². The van der Waals surface area contributed by atoms with Crippen molar-refractivity contribution in [2.24, 2.45) is 0 Å². The summed E-state index contributed by atoms with van der Waals surface area (Å²) in [4.78, 5) is 6.63. The van der Waals surface area contributed by atoms with E-state index in [0.717, 1.165) is 18.7 Å². The fourth-order valence-corrected chi connectivity index (χ4v) is 3.20. The van der Waals surface area contributed by atoms with Gasteiger partial charge in [-0.25, -0.2) is 0 Å². The number of aromatic nitrogens is 3. The van der Waals surface area contributed by atoms with Crippen LogP contribution in [0.4, 0.5) is 23.1 Å². The van der Waals surface area contributed by atoms with E-state index >= 15 is 0 Å². The lowest BCUT2D eigenvalue weighted by molar-refractivity contribution is 0.887. The third kappa shape index (κ3) is 2.88. The van der Waals surface area contributed by atoms with Crippen molar-refractivity contribution in [2.45, 2.75) is 6.42 Å². The van der Waals surface area contributed by atoms with Crippen molar-refractivity contribution in [1.29, 1.82) is 0 Å². The first kappa shape index (κ1) is 15.2. The standard InChI is InChI=1S/C17H13Cl2N5/c18-12-5-6-14(13(19)9-12)21-16-10-20-23-17(22-16)24-8-7-11-3-1-2-4-15(11)24/h1-6,9-10H,7-8H2,(H,21,22,23). The molecule has 0 saturated carbocycles. The summed E-state index contributed by atoms with van der Waals surface area (Å²) in [7, 11) is 0. The van der Waals surface area contributed by atoms with E-state index in [-0.39, 0.29) is 0 Å². The molecule has 0 atom stereocenters. The number of halogens is 2. The second-order valence-electron chi connectivity index (χ2n) is 5.42. The molecule has 0 fully saturated rings. The van der Waals surface area contributed by atoms with Gasteiger partial charge in [0.25, 0.3) is 5.95 Å². The summed E-state index contributed by atoms with van der Waals surface area (Å²) in [6.45, 7) is 0.839. The fraction of sp³-hybridized carbons (Fsp3) is 0.118. The number of para-hydroxylation sites is 1. The van der Waals surface area contributed by atoms with Gasteiger partial charge in [0.05, 0.1) is 16.9 Å². The molecule has 3 aromatic rings. The predicted molar refractivity (Wildman–Crippen MR) is 96.7 cm³/mol. The molecule has 0 spiro atoms. The summed E-state index contributed by atoms with van der Waals surface area (Å²) in [6, 6.07) is 13.5. The lowest BCUT2D eigenvalue weighted by Crippen LogP contribution is -2.17. The quantitative estimate of drug-likeness (QED) is 0.741. The first-order valence-corrected chi connectivity index (χ1v) is 8.23. The van der Waals surface area contributed by atoms with Crippen molar-refractivity contribution in [1.82, 2.24) is 15.2 Å². The minimum Gasteiger partial charge on any atom is -0.338 e. The number of benzene rings is 2. The van der Waals surface area contributed by atoms with E-state index in [1.54, 1.807) is 24.4 Å². The SMILES string of the molecule is Clc1ccc(Nc2cnnc(N3CCc4ccccc43)n2)c(Cl)c1. The topological polar surface area (TPSA) is 53.9 Å². The Hall–Kier alpha value is -2.37. The highest BCUT2D eigenvalue weighted by Gasteiger charge is 2.22. The molecule has 1 aromatic heterocycles. The molecule has 1 aliphatic heterocycles. The molecule has 1 N–H and O–H groups in total. The van der Waals surface area contributed by atoms with E-state index in [2.05, 4.69) is 37.5 Å². The molecule has 0 aliphatic carbocycles. The zero-order valence-corrected chi connectivity index (χ0v) is 14.1. The Morgan fingerprint density at radius 2 is 1.96 bits per heavy atom. The Bertz CT molecular complexity index is 900. The van der Waals surface area contributed by atoms with E-state index in [9.17, 15) is 0 Å². The fourth-order valence-electron chi connectivity index (χ4n) is 2.74. The molecule has 7 heteroatoms. The molecule has 24 heavy (non-hydrogen) atoms. The number of anilines is 4. The van der Waals surface area contributed by atoms with Gasteiger partial charge >= 0.3 is 0 Å². The van der Waals surface area contributed by atoms with Crippen molar-refractivity contribution in [3.8, 4) is 0 Å². The molecular weight excluding hydrogens is 345 g/mol. The molecule has 0 saturated heterocycles. The summed E-state index contributed by atoms with van der Waals surface area (Å²) in [5.74, 6) is 1.14. The smallest absolute Gasteiger partial charge is 0.251 e. The van der Waals surface area contributed by atoms with Gasteiger partial charge in [-0.05, 0) is 36.2 Å². The van der Waals surface area contributed by atoms with Crippen molar-refractivity contribution >= 4 is 46.3 Å². The molecule has 0 unspecified atom stereocenters. The van der Waals surface area contributed by atoms with E-state index in [0.29, 0.717) is 27.5 Å². The van der Waals surface area contributed by atoms with Crippen LogP contribution < -0.4 is 10.2 Å². The van der Waals surface area contributed by atoms with Crippen LogP contribution in [0.2, 0.25) is 10.0 Å². The number of nitrogens with zero attached hydrogens (tertiary/aromatic N) is 4. The number of hydrogen-bond donors (Lipinski definition) is 1. The van der Waals surface area contributed by atoms with Crippen LogP contribution in [0.5, 0.6) is 0 Å². The maximum atomic E-state index is 6.19. The Morgan fingerprint density at radius 1 is 1.08 bits per heavy atom. The highest BCUT2D eigenvalue weighted by Crippen LogP contribution is 2.33. The molecular formula is C17H13Cl2N5. The zero-order valence-electron chi connectivity index (χ0n) is 12.6. The lowest BCUT2D eigenvalue weighted by atomic mass is 10.2. The Balaban J connectivity index is 1.63. The maximum absolute atomic E-state index is 6.19. The summed E-state index contributed by atoms with van der Waals surface area (Å²) < 4.78 is 0. The van der Waals surface area contributed by atoms with Crippen LogP contribution in [0.1, 0.15) is 5.56 Å². The Morgan fingerprint density at radius 3 is 2.83 bits per heavy atom. The van der Waals surface area contributed by atoms with Gasteiger partial charge < -0.3 is 10.2 Å². The molecule has 2 heterocycles. The van der Waals surface area contributed by atoms with Crippen LogP contribution in [0.3, 0.4) is 0 Å². The summed E-state index contributed by atoms with van der Waals surface area (Å²) in [6.07, 6.45) is 2.54. The minimum absolute atomic E-state index is 0.522. The number of fused-ring (bicyclic) bond motifs is 1. The van der Waals surface area contributed by atoms with E-state index in [4.69, 9.17) is 23.2 Å². The third-order valence-electron chi connectivity index (χ3n) is 3.87. The molecule has 2 aromatic carbocycles. The second kappa shape index (κ2) is 6.26.